The molecule has 0 spiro atoms. The number of amides is 1. The van der Waals surface area contributed by atoms with E-state index in [2.05, 4.69) is 15.5 Å². The molecule has 0 saturated carbocycles. The van der Waals surface area contributed by atoms with Crippen LogP contribution >= 0.6 is 11.8 Å². The van der Waals surface area contributed by atoms with Gasteiger partial charge in [0.15, 0.2) is 5.16 Å². The van der Waals surface area contributed by atoms with Gasteiger partial charge in [0.05, 0.1) is 0 Å². The molecule has 0 saturated heterocycles. The van der Waals surface area contributed by atoms with E-state index in [1.807, 2.05) is 0 Å². The summed E-state index contributed by atoms with van der Waals surface area (Å²) >= 11 is 1.38. The Bertz CT molecular complexity index is 616. The molecule has 2 aromatic rings. The summed E-state index contributed by atoms with van der Waals surface area (Å²) in [6.07, 6.45) is 0.286. The maximum absolute atomic E-state index is 13.0. The van der Waals surface area contributed by atoms with Crippen molar-refractivity contribution in [3.8, 4) is 0 Å². The van der Waals surface area contributed by atoms with Gasteiger partial charge >= 0.3 is 0 Å². The lowest BCUT2D eigenvalue weighted by atomic mass is 10.3. The van der Waals surface area contributed by atoms with Crippen molar-refractivity contribution in [1.29, 1.82) is 0 Å². The van der Waals surface area contributed by atoms with E-state index in [1.54, 1.807) is 23.7 Å². The van der Waals surface area contributed by atoms with E-state index >= 15 is 0 Å². The van der Waals surface area contributed by atoms with Crippen molar-refractivity contribution in [1.82, 2.24) is 14.8 Å². The summed E-state index contributed by atoms with van der Waals surface area (Å²) in [7, 11) is 1.75. The monoisotopic (exact) mass is 295 g/mol. The van der Waals surface area contributed by atoms with Crippen LogP contribution in [-0.2, 0) is 11.8 Å². The van der Waals surface area contributed by atoms with Crippen LogP contribution < -0.4 is 11.1 Å². The largest absolute Gasteiger partial charge is 0.368 e. The summed E-state index contributed by atoms with van der Waals surface area (Å²) in [5.74, 6) is 0.300. The Morgan fingerprint density at radius 1 is 1.50 bits per heavy atom. The van der Waals surface area contributed by atoms with Crippen LogP contribution in [0.3, 0.4) is 0 Å². The van der Waals surface area contributed by atoms with Crippen LogP contribution in [0.15, 0.2) is 29.4 Å². The van der Waals surface area contributed by atoms with Gasteiger partial charge in [0.2, 0.25) is 11.9 Å². The number of anilines is 2. The van der Waals surface area contributed by atoms with E-state index in [4.69, 9.17) is 5.73 Å². The predicted molar refractivity (Wildman–Crippen MR) is 75.8 cm³/mol. The average molecular weight is 295 g/mol. The first-order valence-electron chi connectivity index (χ1n) is 5.89. The van der Waals surface area contributed by atoms with Gasteiger partial charge in [0.25, 0.3) is 0 Å². The number of hydrogen-bond donors (Lipinski definition) is 2. The summed E-state index contributed by atoms with van der Waals surface area (Å²) in [5.41, 5.74) is 6.00. The van der Waals surface area contributed by atoms with Gasteiger partial charge in [-0.1, -0.05) is 17.8 Å². The number of hydrogen-bond acceptors (Lipinski definition) is 5. The molecule has 0 radical (unpaired) electrons. The SMILES string of the molecule is Cn1c(N)nnc1SCCC(=O)Nc1cccc(F)c1. The topological polar surface area (TPSA) is 85.8 Å². The minimum absolute atomic E-state index is 0.182. The average Bonchev–Trinajstić information content (AvgIpc) is 2.71. The summed E-state index contributed by atoms with van der Waals surface area (Å²) in [5, 5.41) is 10.9. The minimum Gasteiger partial charge on any atom is -0.368 e. The summed E-state index contributed by atoms with van der Waals surface area (Å²) < 4.78 is 14.6. The molecular formula is C12H14FN5OS. The zero-order valence-corrected chi connectivity index (χ0v) is 11.7. The second kappa shape index (κ2) is 6.38. The highest BCUT2D eigenvalue weighted by atomic mass is 32.2. The standard InChI is InChI=1S/C12H14FN5OS/c1-18-11(14)16-17-12(18)20-6-5-10(19)15-9-4-2-3-8(13)7-9/h2-4,7H,5-6H2,1H3,(H2,14,16)(H,15,19). The van der Waals surface area contributed by atoms with Crippen LogP contribution in [0.4, 0.5) is 16.0 Å². The Kier molecular flexibility index (Phi) is 4.57. The molecular weight excluding hydrogens is 281 g/mol. The predicted octanol–water partition coefficient (Wildman–Crippen LogP) is 1.66. The van der Waals surface area contributed by atoms with Gasteiger partial charge in [-0.2, -0.15) is 0 Å². The Morgan fingerprint density at radius 2 is 2.30 bits per heavy atom. The van der Waals surface area contributed by atoms with Gasteiger partial charge in [-0.25, -0.2) is 4.39 Å². The number of nitrogens with zero attached hydrogens (tertiary/aromatic N) is 3. The first-order valence-corrected chi connectivity index (χ1v) is 6.88. The normalized spacial score (nSPS) is 10.5. The molecule has 8 heteroatoms. The van der Waals surface area contributed by atoms with Crippen molar-refractivity contribution in [2.45, 2.75) is 11.6 Å². The van der Waals surface area contributed by atoms with E-state index in [0.717, 1.165) is 0 Å². The Morgan fingerprint density at radius 3 is 2.95 bits per heavy atom. The van der Waals surface area contributed by atoms with Gasteiger partial charge in [0.1, 0.15) is 5.82 Å². The third-order valence-electron chi connectivity index (χ3n) is 2.54. The molecule has 0 aliphatic heterocycles. The van der Waals surface area contributed by atoms with E-state index < -0.39 is 0 Å². The van der Waals surface area contributed by atoms with Crippen LogP contribution in [0, 0.1) is 5.82 Å². The molecule has 0 atom stereocenters. The molecule has 3 N–H and O–H groups in total. The maximum atomic E-state index is 13.0. The van der Waals surface area contributed by atoms with Crippen LogP contribution in [0.5, 0.6) is 0 Å². The lowest BCUT2D eigenvalue weighted by molar-refractivity contribution is -0.115. The minimum atomic E-state index is -0.383. The van der Waals surface area contributed by atoms with Gasteiger partial charge in [-0.3, -0.25) is 9.36 Å². The fourth-order valence-electron chi connectivity index (χ4n) is 1.48. The van der Waals surface area contributed by atoms with Gasteiger partial charge in [-0.15, -0.1) is 10.2 Å². The molecule has 2 rings (SSSR count). The summed E-state index contributed by atoms with van der Waals surface area (Å²) in [4.78, 5) is 11.7. The lowest BCUT2D eigenvalue weighted by Crippen LogP contribution is -2.12. The van der Waals surface area contributed by atoms with Gasteiger partial charge in [-0.05, 0) is 18.2 Å². The Labute approximate surface area is 119 Å². The van der Waals surface area contributed by atoms with Crippen LogP contribution in [0.25, 0.3) is 0 Å². The van der Waals surface area contributed by atoms with Crippen molar-refractivity contribution in [2.24, 2.45) is 7.05 Å². The molecule has 0 unspecified atom stereocenters. The van der Waals surface area contributed by atoms with Crippen LogP contribution in [-0.4, -0.2) is 26.4 Å². The number of nitrogen functional groups attached to an aromatic ring is 1. The van der Waals surface area contributed by atoms with Crippen molar-refractivity contribution < 1.29 is 9.18 Å². The number of rotatable bonds is 5. The first kappa shape index (κ1) is 14.3. The fraction of sp³-hybridized carbons (Fsp3) is 0.250. The molecule has 1 amide bonds. The highest BCUT2D eigenvalue weighted by Crippen LogP contribution is 2.17. The molecule has 106 valence electrons. The smallest absolute Gasteiger partial charge is 0.225 e. The number of benzene rings is 1. The van der Waals surface area contributed by atoms with E-state index in [9.17, 15) is 9.18 Å². The Hall–Kier alpha value is -2.09. The van der Waals surface area contributed by atoms with E-state index in [1.165, 1.54) is 23.9 Å². The highest BCUT2D eigenvalue weighted by molar-refractivity contribution is 7.99. The summed E-state index contributed by atoms with van der Waals surface area (Å²) in [6.45, 7) is 0. The van der Waals surface area contributed by atoms with E-state index in [-0.39, 0.29) is 18.1 Å². The Balaban J connectivity index is 1.80. The molecule has 6 nitrogen and oxygen atoms in total. The van der Waals surface area contributed by atoms with Crippen molar-refractivity contribution in [3.05, 3.63) is 30.1 Å². The molecule has 0 fully saturated rings. The van der Waals surface area contributed by atoms with Crippen molar-refractivity contribution in [2.75, 3.05) is 16.8 Å². The number of nitrogens with one attached hydrogen (secondary N) is 1. The van der Waals surface area contributed by atoms with Gasteiger partial charge < -0.3 is 11.1 Å². The second-order valence-electron chi connectivity index (χ2n) is 4.06. The van der Waals surface area contributed by atoms with Crippen LogP contribution in [0.1, 0.15) is 6.42 Å². The number of carbonyl (C=O) groups excluding carboxylic acids is 1. The molecule has 1 heterocycles. The molecule has 1 aromatic heterocycles. The van der Waals surface area contributed by atoms with Crippen LogP contribution in [0.2, 0.25) is 0 Å². The molecule has 20 heavy (non-hydrogen) atoms. The molecule has 0 aliphatic rings. The fourth-order valence-corrected chi connectivity index (χ4v) is 2.33. The number of halogens is 1. The third-order valence-corrected chi connectivity index (χ3v) is 3.56. The van der Waals surface area contributed by atoms with Crippen molar-refractivity contribution in [3.63, 3.8) is 0 Å². The molecule has 0 aliphatic carbocycles. The zero-order chi connectivity index (χ0) is 14.5. The molecule has 1 aromatic carbocycles. The quantitative estimate of drug-likeness (QED) is 0.819. The first-order chi connectivity index (χ1) is 9.56. The maximum Gasteiger partial charge on any atom is 0.225 e. The highest BCUT2D eigenvalue weighted by Gasteiger charge is 2.08. The zero-order valence-electron chi connectivity index (χ0n) is 10.8. The van der Waals surface area contributed by atoms with Crippen molar-refractivity contribution >= 4 is 29.3 Å². The van der Waals surface area contributed by atoms with Gasteiger partial charge in [0, 0.05) is 24.9 Å². The number of aromatic nitrogens is 3. The number of nitrogens with two attached hydrogens (primary N) is 1. The molecule has 0 bridgehead atoms. The second-order valence-corrected chi connectivity index (χ2v) is 5.12. The summed E-state index contributed by atoms with van der Waals surface area (Å²) in [6, 6.07) is 5.78. The number of carbonyl (C=O) groups is 1. The lowest BCUT2D eigenvalue weighted by Gasteiger charge is -2.05. The van der Waals surface area contributed by atoms with E-state index in [0.29, 0.717) is 22.5 Å². The number of thioether (sulfide) groups is 1. The third kappa shape index (κ3) is 3.70.